The Labute approximate surface area is 195 Å². The van der Waals surface area contributed by atoms with Gasteiger partial charge in [-0.3, -0.25) is 9.36 Å². The van der Waals surface area contributed by atoms with Crippen LogP contribution >= 0.6 is 11.8 Å². The highest BCUT2D eigenvalue weighted by molar-refractivity contribution is 7.98. The van der Waals surface area contributed by atoms with Crippen LogP contribution in [0.15, 0.2) is 82.7 Å². The van der Waals surface area contributed by atoms with Gasteiger partial charge in [0.2, 0.25) is 0 Å². The number of hydrogen-bond donors (Lipinski definition) is 0. The summed E-state index contributed by atoms with van der Waals surface area (Å²) in [6.07, 6.45) is 0.650. The SMILES string of the molecule is Cc1ccc(-n2c(Cc3ccccc3)nnc2SCn2nnc3ccccc3c2=O)c(C)c1. The van der Waals surface area contributed by atoms with E-state index in [1.165, 1.54) is 22.0 Å². The molecule has 2 heterocycles. The molecule has 7 nitrogen and oxygen atoms in total. The van der Waals surface area contributed by atoms with Crippen LogP contribution in [0.3, 0.4) is 0 Å². The minimum Gasteiger partial charge on any atom is -0.273 e. The molecule has 3 aromatic carbocycles. The molecule has 0 spiro atoms. The predicted molar refractivity (Wildman–Crippen MR) is 130 cm³/mol. The van der Waals surface area contributed by atoms with E-state index in [1.807, 2.05) is 30.3 Å². The fourth-order valence-electron chi connectivity index (χ4n) is 3.81. The van der Waals surface area contributed by atoms with Crippen molar-refractivity contribution in [2.75, 3.05) is 0 Å². The van der Waals surface area contributed by atoms with Gasteiger partial charge >= 0.3 is 0 Å². The minimum absolute atomic E-state index is 0.171. The highest BCUT2D eigenvalue weighted by Crippen LogP contribution is 2.26. The Morgan fingerprint density at radius 3 is 2.48 bits per heavy atom. The van der Waals surface area contributed by atoms with Gasteiger partial charge in [-0.1, -0.05) is 77.1 Å². The van der Waals surface area contributed by atoms with Gasteiger partial charge in [0.15, 0.2) is 5.16 Å². The Hall–Kier alpha value is -3.78. The zero-order chi connectivity index (χ0) is 22.8. The minimum atomic E-state index is -0.171. The van der Waals surface area contributed by atoms with E-state index in [2.05, 4.69) is 69.3 Å². The first kappa shape index (κ1) is 21.1. The van der Waals surface area contributed by atoms with Crippen LogP contribution in [0, 0.1) is 13.8 Å². The molecule has 0 bridgehead atoms. The fraction of sp³-hybridized carbons (Fsp3) is 0.160. The number of hydrogen-bond acceptors (Lipinski definition) is 6. The molecule has 0 aliphatic heterocycles. The van der Waals surface area contributed by atoms with Crippen LogP contribution in [-0.2, 0) is 12.3 Å². The third-order valence-electron chi connectivity index (χ3n) is 5.44. The number of nitrogens with zero attached hydrogens (tertiary/aromatic N) is 6. The van der Waals surface area contributed by atoms with Crippen molar-refractivity contribution in [3.05, 3.63) is 106 Å². The van der Waals surface area contributed by atoms with Gasteiger partial charge in [0.05, 0.1) is 17.0 Å². The first-order valence-corrected chi connectivity index (χ1v) is 11.6. The number of fused-ring (bicyclic) bond motifs is 1. The molecule has 0 atom stereocenters. The molecule has 8 heteroatoms. The van der Waals surface area contributed by atoms with Gasteiger partial charge in [-0.05, 0) is 43.2 Å². The average Bonchev–Trinajstić information content (AvgIpc) is 3.21. The van der Waals surface area contributed by atoms with E-state index in [0.717, 1.165) is 22.6 Å². The lowest BCUT2D eigenvalue weighted by Crippen LogP contribution is -2.23. The molecule has 5 aromatic rings. The lowest BCUT2D eigenvalue weighted by molar-refractivity contribution is 0.643. The van der Waals surface area contributed by atoms with Gasteiger partial charge in [0.25, 0.3) is 5.56 Å². The van der Waals surface area contributed by atoms with Crippen LogP contribution in [0.25, 0.3) is 16.6 Å². The molecule has 0 aliphatic rings. The molecule has 0 amide bonds. The Morgan fingerprint density at radius 2 is 1.67 bits per heavy atom. The molecule has 33 heavy (non-hydrogen) atoms. The van der Waals surface area contributed by atoms with Crippen LogP contribution in [0.4, 0.5) is 0 Å². The zero-order valence-electron chi connectivity index (χ0n) is 18.3. The van der Waals surface area contributed by atoms with Crippen molar-refractivity contribution in [2.24, 2.45) is 0 Å². The maximum atomic E-state index is 12.8. The summed E-state index contributed by atoms with van der Waals surface area (Å²) >= 11 is 1.41. The van der Waals surface area contributed by atoms with Gasteiger partial charge in [0, 0.05) is 6.42 Å². The molecule has 0 fully saturated rings. The Morgan fingerprint density at radius 1 is 0.879 bits per heavy atom. The molecular formula is C25H22N6OS. The van der Waals surface area contributed by atoms with Gasteiger partial charge in [-0.25, -0.2) is 0 Å². The maximum Gasteiger partial charge on any atom is 0.278 e. The second-order valence-corrected chi connectivity index (χ2v) is 8.78. The number of aryl methyl sites for hydroxylation is 2. The Balaban J connectivity index is 1.52. The molecule has 0 N–H and O–H groups in total. The summed E-state index contributed by atoms with van der Waals surface area (Å²) in [5.41, 5.74) is 4.93. The third-order valence-corrected chi connectivity index (χ3v) is 6.34. The van der Waals surface area contributed by atoms with Crippen LogP contribution in [0.2, 0.25) is 0 Å². The van der Waals surface area contributed by atoms with Gasteiger partial charge in [0.1, 0.15) is 11.3 Å². The van der Waals surface area contributed by atoms with Crippen LogP contribution in [-0.4, -0.2) is 29.8 Å². The molecule has 164 valence electrons. The standard InChI is InChI=1S/C25H22N6OS/c1-17-12-13-22(18(2)14-17)31-23(15-19-8-4-3-5-9-19)27-28-25(31)33-16-30-24(32)20-10-6-7-11-21(20)26-29-30/h3-14H,15-16H2,1-2H3. The predicted octanol–water partition coefficient (Wildman–Crippen LogP) is 4.33. The van der Waals surface area contributed by atoms with Crippen molar-refractivity contribution < 1.29 is 0 Å². The van der Waals surface area contributed by atoms with Gasteiger partial charge in [-0.2, -0.15) is 4.68 Å². The number of benzene rings is 3. The van der Waals surface area contributed by atoms with E-state index >= 15 is 0 Å². The van der Waals surface area contributed by atoms with E-state index in [9.17, 15) is 4.79 Å². The van der Waals surface area contributed by atoms with Gasteiger partial charge in [-0.15, -0.1) is 15.3 Å². The topological polar surface area (TPSA) is 78.5 Å². The summed E-state index contributed by atoms with van der Waals surface area (Å²) in [5.74, 6) is 1.12. The molecule has 0 saturated heterocycles. The molecule has 0 saturated carbocycles. The van der Waals surface area contributed by atoms with Crippen molar-refractivity contribution in [3.8, 4) is 5.69 Å². The Bertz CT molecular complexity index is 1490. The van der Waals surface area contributed by atoms with E-state index < -0.39 is 0 Å². The van der Waals surface area contributed by atoms with Crippen molar-refractivity contribution in [1.82, 2.24) is 29.8 Å². The first-order chi connectivity index (χ1) is 16.1. The average molecular weight is 455 g/mol. The summed E-state index contributed by atoms with van der Waals surface area (Å²) in [5, 5.41) is 18.5. The highest BCUT2D eigenvalue weighted by Gasteiger charge is 2.17. The van der Waals surface area contributed by atoms with Crippen molar-refractivity contribution in [2.45, 2.75) is 31.3 Å². The van der Waals surface area contributed by atoms with E-state index in [1.54, 1.807) is 12.1 Å². The monoisotopic (exact) mass is 454 g/mol. The lowest BCUT2D eigenvalue weighted by Gasteiger charge is -2.14. The first-order valence-electron chi connectivity index (χ1n) is 10.6. The smallest absolute Gasteiger partial charge is 0.273 e. The third kappa shape index (κ3) is 4.29. The second kappa shape index (κ2) is 8.99. The van der Waals surface area contributed by atoms with Crippen molar-refractivity contribution in [1.29, 1.82) is 0 Å². The fourth-order valence-corrected chi connectivity index (χ4v) is 4.65. The summed E-state index contributed by atoms with van der Waals surface area (Å²) in [6, 6.07) is 23.8. The van der Waals surface area contributed by atoms with Crippen molar-refractivity contribution in [3.63, 3.8) is 0 Å². The summed E-state index contributed by atoms with van der Waals surface area (Å²) in [6.45, 7) is 4.16. The largest absolute Gasteiger partial charge is 0.278 e. The molecule has 2 aromatic heterocycles. The molecule has 0 radical (unpaired) electrons. The number of thioether (sulfide) groups is 1. The molecule has 0 aliphatic carbocycles. The molecular weight excluding hydrogens is 432 g/mol. The maximum absolute atomic E-state index is 12.8. The lowest BCUT2D eigenvalue weighted by atomic mass is 10.1. The van der Waals surface area contributed by atoms with Gasteiger partial charge < -0.3 is 0 Å². The Kier molecular flexibility index (Phi) is 5.75. The van der Waals surface area contributed by atoms with E-state index in [4.69, 9.17) is 0 Å². The quantitative estimate of drug-likeness (QED) is 0.356. The molecule has 5 rings (SSSR count). The summed E-state index contributed by atoms with van der Waals surface area (Å²) in [7, 11) is 0. The number of rotatable bonds is 6. The second-order valence-electron chi connectivity index (χ2n) is 7.87. The summed E-state index contributed by atoms with van der Waals surface area (Å²) < 4.78 is 3.44. The highest BCUT2D eigenvalue weighted by atomic mass is 32.2. The normalized spacial score (nSPS) is 11.2. The molecule has 0 unspecified atom stereocenters. The van der Waals surface area contributed by atoms with Crippen LogP contribution in [0.5, 0.6) is 0 Å². The van der Waals surface area contributed by atoms with E-state index in [0.29, 0.717) is 22.5 Å². The number of aromatic nitrogens is 6. The van der Waals surface area contributed by atoms with Crippen LogP contribution < -0.4 is 5.56 Å². The van der Waals surface area contributed by atoms with E-state index in [-0.39, 0.29) is 11.4 Å². The van der Waals surface area contributed by atoms with Crippen LogP contribution in [0.1, 0.15) is 22.5 Å². The van der Waals surface area contributed by atoms with Crippen molar-refractivity contribution >= 4 is 22.7 Å². The zero-order valence-corrected chi connectivity index (χ0v) is 19.2. The summed E-state index contributed by atoms with van der Waals surface area (Å²) in [4.78, 5) is 12.8.